The molecule has 3 aromatic rings. The van der Waals surface area contributed by atoms with Crippen LogP contribution in [0.2, 0.25) is 0 Å². The first-order chi connectivity index (χ1) is 20.4. The lowest BCUT2D eigenvalue weighted by Gasteiger charge is -2.19. The van der Waals surface area contributed by atoms with Gasteiger partial charge in [0, 0.05) is 31.5 Å². The number of unbranched alkanes of at least 4 members (excludes halogenated alkanes) is 3. The molecule has 0 bridgehead atoms. The van der Waals surface area contributed by atoms with E-state index >= 15 is 0 Å². The van der Waals surface area contributed by atoms with Crippen LogP contribution in [-0.2, 0) is 16.0 Å². The molecule has 1 aliphatic rings. The van der Waals surface area contributed by atoms with Crippen LogP contribution in [0.15, 0.2) is 60.2 Å². The maximum absolute atomic E-state index is 12.0. The first kappa shape index (κ1) is 30.9. The lowest BCUT2D eigenvalue weighted by atomic mass is 10.00. The van der Waals surface area contributed by atoms with Crippen LogP contribution in [0.3, 0.4) is 0 Å². The molecule has 0 fully saturated rings. The summed E-state index contributed by atoms with van der Waals surface area (Å²) in [6.07, 6.45) is 8.41. The van der Waals surface area contributed by atoms with Crippen LogP contribution >= 0.6 is 0 Å². The molecule has 4 rings (SSSR count). The molecule has 224 valence electrons. The minimum Gasteiger partial charge on any atom is -0.494 e. The Labute approximate surface area is 249 Å². The normalized spacial score (nSPS) is 12.3. The largest absolute Gasteiger partial charge is 0.494 e. The molecule has 0 aliphatic carbocycles. The second-order valence-electron chi connectivity index (χ2n) is 11.2. The minimum atomic E-state index is -0.0510. The van der Waals surface area contributed by atoms with E-state index in [1.54, 1.807) is 0 Å². The van der Waals surface area contributed by atoms with Gasteiger partial charge in [0.2, 0.25) is 11.8 Å². The third-order valence-electron chi connectivity index (χ3n) is 7.14. The van der Waals surface area contributed by atoms with Gasteiger partial charge in [-0.25, -0.2) is 0 Å². The molecule has 1 heterocycles. The summed E-state index contributed by atoms with van der Waals surface area (Å²) in [5, 5.41) is 8.17. The highest BCUT2D eigenvalue weighted by atomic mass is 16.5. The number of aryl methyl sites for hydroxylation is 1. The summed E-state index contributed by atoms with van der Waals surface area (Å²) in [5.41, 5.74) is 3.26. The predicted molar refractivity (Wildman–Crippen MR) is 168 cm³/mol. The standard InChI is InChI=1S/C35H44N2O5/c1-25(2)37-35(39)13-9-12-28-10-8-11-29-14-15-32(22-33(28)29)41-19-7-5-4-6-18-40-31-16-17-34-30(21-31)20-27(24-42-34)23-36-26(3)38/h8,10-11,14-17,20-22,25H,4-7,9,12-13,18-19,23-24H2,1-3H3,(H,36,38)(H,37,39). The van der Waals surface area contributed by atoms with Gasteiger partial charge in [0.1, 0.15) is 23.9 Å². The van der Waals surface area contributed by atoms with Gasteiger partial charge >= 0.3 is 0 Å². The first-order valence-electron chi connectivity index (χ1n) is 15.1. The van der Waals surface area contributed by atoms with Gasteiger partial charge < -0.3 is 24.8 Å². The number of rotatable bonds is 16. The summed E-state index contributed by atoms with van der Waals surface area (Å²) in [7, 11) is 0. The number of nitrogens with one attached hydrogen (secondary N) is 2. The highest BCUT2D eigenvalue weighted by molar-refractivity contribution is 5.87. The summed E-state index contributed by atoms with van der Waals surface area (Å²) in [5.74, 6) is 2.61. The molecule has 42 heavy (non-hydrogen) atoms. The Bertz CT molecular complexity index is 1380. The Kier molecular flexibility index (Phi) is 11.7. The number of hydrogen-bond acceptors (Lipinski definition) is 5. The van der Waals surface area contributed by atoms with Gasteiger partial charge in [-0.15, -0.1) is 0 Å². The van der Waals surface area contributed by atoms with Crippen LogP contribution in [0.5, 0.6) is 17.2 Å². The SMILES string of the molecule is CC(=O)NCC1=Cc2cc(OCCCCCCOc3ccc4cccc(CCCC(=O)NC(C)C)c4c3)ccc2OC1. The molecule has 0 radical (unpaired) electrons. The van der Waals surface area contributed by atoms with Gasteiger partial charge in [-0.3, -0.25) is 9.59 Å². The van der Waals surface area contributed by atoms with Gasteiger partial charge in [0.25, 0.3) is 0 Å². The molecule has 0 aromatic heterocycles. The number of carbonyl (C=O) groups excluding carboxylic acids is 2. The van der Waals surface area contributed by atoms with Gasteiger partial charge in [-0.05, 0) is 111 Å². The number of ether oxygens (including phenoxy) is 3. The number of carbonyl (C=O) groups is 2. The van der Waals surface area contributed by atoms with Crippen molar-refractivity contribution in [3.8, 4) is 17.2 Å². The molecule has 0 saturated carbocycles. The zero-order chi connectivity index (χ0) is 29.7. The third-order valence-corrected chi connectivity index (χ3v) is 7.14. The first-order valence-corrected chi connectivity index (χ1v) is 15.1. The molecule has 7 heteroatoms. The fourth-order valence-corrected chi connectivity index (χ4v) is 5.03. The third kappa shape index (κ3) is 9.82. The lowest BCUT2D eigenvalue weighted by molar-refractivity contribution is -0.121. The molecule has 2 N–H and O–H groups in total. The van der Waals surface area contributed by atoms with Gasteiger partial charge in [-0.2, -0.15) is 0 Å². The molecule has 1 aliphatic heterocycles. The molecule has 0 atom stereocenters. The van der Waals surface area contributed by atoms with Crippen LogP contribution in [0.1, 0.15) is 70.4 Å². The maximum Gasteiger partial charge on any atom is 0.220 e. The van der Waals surface area contributed by atoms with Crippen LogP contribution in [0, 0.1) is 0 Å². The van der Waals surface area contributed by atoms with Crippen molar-refractivity contribution in [3.63, 3.8) is 0 Å². The van der Waals surface area contributed by atoms with Crippen LogP contribution in [0.25, 0.3) is 16.8 Å². The van der Waals surface area contributed by atoms with Crippen molar-refractivity contribution < 1.29 is 23.8 Å². The van der Waals surface area contributed by atoms with E-state index in [2.05, 4.69) is 47.0 Å². The number of hydrogen-bond donors (Lipinski definition) is 2. The summed E-state index contributed by atoms with van der Waals surface area (Å²) in [4.78, 5) is 23.2. The molecule has 2 amide bonds. The molecular formula is C35H44N2O5. The zero-order valence-electron chi connectivity index (χ0n) is 25.2. The second kappa shape index (κ2) is 15.9. The van der Waals surface area contributed by atoms with Crippen molar-refractivity contribution in [2.24, 2.45) is 0 Å². The molecule has 3 aromatic carbocycles. The monoisotopic (exact) mass is 572 g/mol. The molecule has 0 spiro atoms. The number of amides is 2. The van der Waals surface area contributed by atoms with E-state index in [0.29, 0.717) is 32.8 Å². The van der Waals surface area contributed by atoms with Crippen molar-refractivity contribution in [1.29, 1.82) is 0 Å². The Hall–Kier alpha value is -4.00. The van der Waals surface area contributed by atoms with E-state index in [4.69, 9.17) is 14.2 Å². The van der Waals surface area contributed by atoms with Crippen LogP contribution in [-0.4, -0.2) is 44.2 Å². The van der Waals surface area contributed by atoms with Gasteiger partial charge in [-0.1, -0.05) is 24.3 Å². The highest BCUT2D eigenvalue weighted by Crippen LogP contribution is 2.30. The smallest absolute Gasteiger partial charge is 0.220 e. The zero-order valence-corrected chi connectivity index (χ0v) is 25.2. The van der Waals surface area contributed by atoms with E-state index in [0.717, 1.165) is 66.9 Å². The average Bonchev–Trinajstić information content (AvgIpc) is 2.97. The summed E-state index contributed by atoms with van der Waals surface area (Å²) in [6, 6.07) is 18.7. The Balaban J connectivity index is 1.15. The van der Waals surface area contributed by atoms with Crippen molar-refractivity contribution in [3.05, 3.63) is 71.3 Å². The van der Waals surface area contributed by atoms with E-state index in [1.807, 2.05) is 38.1 Å². The molecular weight excluding hydrogens is 528 g/mol. The van der Waals surface area contributed by atoms with Crippen LogP contribution in [0.4, 0.5) is 0 Å². The van der Waals surface area contributed by atoms with E-state index in [1.165, 1.54) is 23.3 Å². The topological polar surface area (TPSA) is 85.9 Å². The average molecular weight is 573 g/mol. The lowest BCUT2D eigenvalue weighted by Crippen LogP contribution is -2.29. The molecule has 7 nitrogen and oxygen atoms in total. The fraction of sp³-hybridized carbons (Fsp3) is 0.429. The minimum absolute atomic E-state index is 0.0510. The van der Waals surface area contributed by atoms with Crippen molar-refractivity contribution in [2.75, 3.05) is 26.4 Å². The number of benzene rings is 3. The second-order valence-corrected chi connectivity index (χ2v) is 11.2. The van der Waals surface area contributed by atoms with Gasteiger partial charge in [0.05, 0.1) is 13.2 Å². The highest BCUT2D eigenvalue weighted by Gasteiger charge is 2.13. The Morgan fingerprint density at radius 2 is 1.64 bits per heavy atom. The fourth-order valence-electron chi connectivity index (χ4n) is 5.03. The Morgan fingerprint density at radius 3 is 2.38 bits per heavy atom. The molecule has 0 unspecified atom stereocenters. The number of fused-ring (bicyclic) bond motifs is 2. The summed E-state index contributed by atoms with van der Waals surface area (Å²) >= 11 is 0. The predicted octanol–water partition coefficient (Wildman–Crippen LogP) is 6.62. The molecule has 0 saturated heterocycles. The quantitative estimate of drug-likeness (QED) is 0.189. The summed E-state index contributed by atoms with van der Waals surface area (Å²) < 4.78 is 17.9. The van der Waals surface area contributed by atoms with Gasteiger partial charge in [0.15, 0.2) is 0 Å². The van der Waals surface area contributed by atoms with E-state index < -0.39 is 0 Å². The Morgan fingerprint density at radius 1 is 0.905 bits per heavy atom. The summed E-state index contributed by atoms with van der Waals surface area (Å²) in [6.45, 7) is 7.80. The maximum atomic E-state index is 12.0. The van der Waals surface area contributed by atoms with Crippen LogP contribution < -0.4 is 24.8 Å². The van der Waals surface area contributed by atoms with Crippen molar-refractivity contribution in [2.45, 2.75) is 71.8 Å². The van der Waals surface area contributed by atoms with Crippen molar-refractivity contribution >= 4 is 28.7 Å². The van der Waals surface area contributed by atoms with E-state index in [9.17, 15) is 9.59 Å². The van der Waals surface area contributed by atoms with E-state index in [-0.39, 0.29) is 17.9 Å². The van der Waals surface area contributed by atoms with Crippen molar-refractivity contribution in [1.82, 2.24) is 10.6 Å².